The Morgan fingerprint density at radius 1 is 0.830 bits per heavy atom. The van der Waals surface area contributed by atoms with Gasteiger partial charge >= 0.3 is 0 Å². The molecule has 47 heavy (non-hydrogen) atoms. The lowest BCUT2D eigenvalue weighted by molar-refractivity contribution is -0.140. The normalized spacial score (nSPS) is 14.3. The lowest BCUT2D eigenvalue weighted by atomic mass is 9.94. The summed E-state index contributed by atoms with van der Waals surface area (Å²) in [5, 5.41) is 3.69. The maximum Gasteiger partial charge on any atom is 0.264 e. The molecule has 1 atom stereocenters. The summed E-state index contributed by atoms with van der Waals surface area (Å²) in [5.74, 6) is -0.770. The lowest BCUT2D eigenvalue weighted by Crippen LogP contribution is -2.55. The fourth-order valence-corrected chi connectivity index (χ4v) is 7.87. The van der Waals surface area contributed by atoms with Gasteiger partial charge in [0.2, 0.25) is 11.8 Å². The molecule has 5 rings (SSSR count). The molecule has 7 nitrogen and oxygen atoms in total. The van der Waals surface area contributed by atoms with Crippen LogP contribution in [0, 0.1) is 13.8 Å². The van der Waals surface area contributed by atoms with Gasteiger partial charge in [0.25, 0.3) is 10.0 Å². The van der Waals surface area contributed by atoms with Crippen molar-refractivity contribution in [3.63, 3.8) is 0 Å². The van der Waals surface area contributed by atoms with Gasteiger partial charge in [0, 0.05) is 24.0 Å². The van der Waals surface area contributed by atoms with E-state index < -0.39 is 28.5 Å². The predicted molar refractivity (Wildman–Crippen MR) is 188 cm³/mol. The molecule has 1 aliphatic rings. The molecule has 1 fully saturated rings. The Labute approximate surface area is 283 Å². The minimum absolute atomic E-state index is 0.0250. The van der Waals surface area contributed by atoms with Crippen molar-refractivity contribution in [2.75, 3.05) is 10.8 Å². The van der Waals surface area contributed by atoms with E-state index in [1.807, 2.05) is 68.4 Å². The summed E-state index contributed by atoms with van der Waals surface area (Å²) < 4.78 is 29.6. The number of nitrogens with zero attached hydrogens (tertiary/aromatic N) is 2. The summed E-state index contributed by atoms with van der Waals surface area (Å²) >= 11 is 6.62. The van der Waals surface area contributed by atoms with E-state index in [0.29, 0.717) is 16.3 Å². The molecule has 0 unspecified atom stereocenters. The van der Waals surface area contributed by atoms with Gasteiger partial charge in [0.05, 0.1) is 10.6 Å². The summed E-state index contributed by atoms with van der Waals surface area (Å²) in [5.41, 5.74) is 3.65. The van der Waals surface area contributed by atoms with Gasteiger partial charge in [-0.3, -0.25) is 13.9 Å². The number of sulfonamides is 1. The molecule has 4 aromatic rings. The van der Waals surface area contributed by atoms with Crippen LogP contribution in [0.5, 0.6) is 0 Å². The Morgan fingerprint density at radius 2 is 1.43 bits per heavy atom. The molecule has 0 bridgehead atoms. The molecule has 1 N–H and O–H groups in total. The number of halogens is 1. The van der Waals surface area contributed by atoms with Crippen LogP contribution < -0.4 is 9.62 Å². The molecule has 2 amide bonds. The first-order chi connectivity index (χ1) is 22.6. The number of carbonyl (C=O) groups excluding carboxylic acids is 2. The zero-order valence-electron chi connectivity index (χ0n) is 26.9. The van der Waals surface area contributed by atoms with Crippen LogP contribution in [0.4, 0.5) is 5.69 Å². The fraction of sp³-hybridized carbons (Fsp3) is 0.316. The van der Waals surface area contributed by atoms with Crippen LogP contribution in [-0.2, 0) is 32.6 Å². The Bertz CT molecular complexity index is 1760. The molecule has 0 saturated heterocycles. The van der Waals surface area contributed by atoms with Crippen molar-refractivity contribution in [1.29, 1.82) is 0 Å². The number of aryl methyl sites for hydroxylation is 2. The van der Waals surface area contributed by atoms with E-state index in [1.54, 1.807) is 36.4 Å². The van der Waals surface area contributed by atoms with Crippen molar-refractivity contribution in [3.8, 4) is 0 Å². The molecule has 4 aromatic carbocycles. The summed E-state index contributed by atoms with van der Waals surface area (Å²) in [6, 6.07) is 29.5. The zero-order valence-corrected chi connectivity index (χ0v) is 28.5. The Morgan fingerprint density at radius 3 is 2.06 bits per heavy atom. The topological polar surface area (TPSA) is 86.8 Å². The first kappa shape index (κ1) is 34.2. The van der Waals surface area contributed by atoms with Crippen LogP contribution >= 0.6 is 11.6 Å². The highest BCUT2D eigenvalue weighted by Gasteiger charge is 2.35. The first-order valence-electron chi connectivity index (χ1n) is 16.1. The van der Waals surface area contributed by atoms with Crippen LogP contribution in [0.15, 0.2) is 108 Å². The maximum absolute atomic E-state index is 14.7. The SMILES string of the molecule is Cc1cc(C)cc(N(CC(=O)N(Cc2ccccc2Cl)[C@@H](Cc2ccccc2)C(=O)NC2CCCCC2)S(=O)(=O)c2ccccc2)c1. The van der Waals surface area contributed by atoms with E-state index >= 15 is 0 Å². The highest BCUT2D eigenvalue weighted by atomic mass is 35.5. The van der Waals surface area contributed by atoms with Gasteiger partial charge in [0.1, 0.15) is 12.6 Å². The van der Waals surface area contributed by atoms with Gasteiger partial charge in [-0.15, -0.1) is 0 Å². The highest BCUT2D eigenvalue weighted by Crippen LogP contribution is 2.28. The van der Waals surface area contributed by atoms with E-state index in [0.717, 1.165) is 53.1 Å². The predicted octanol–water partition coefficient (Wildman–Crippen LogP) is 7.24. The molecule has 0 spiro atoms. The molecule has 0 aliphatic heterocycles. The van der Waals surface area contributed by atoms with Crippen LogP contribution in [0.25, 0.3) is 0 Å². The molecule has 9 heteroatoms. The number of nitrogens with one attached hydrogen (secondary N) is 1. The third-order valence-corrected chi connectivity index (χ3v) is 10.8. The van der Waals surface area contributed by atoms with E-state index in [1.165, 1.54) is 17.0 Å². The van der Waals surface area contributed by atoms with Crippen molar-refractivity contribution in [2.24, 2.45) is 0 Å². The maximum atomic E-state index is 14.7. The fourth-order valence-electron chi connectivity index (χ4n) is 6.25. The molecule has 1 saturated carbocycles. The quantitative estimate of drug-likeness (QED) is 0.172. The molecule has 246 valence electrons. The number of hydrogen-bond donors (Lipinski definition) is 1. The summed E-state index contributed by atoms with van der Waals surface area (Å²) in [7, 11) is -4.17. The van der Waals surface area contributed by atoms with Crippen LogP contribution in [-0.4, -0.2) is 43.8 Å². The van der Waals surface area contributed by atoms with Gasteiger partial charge in [-0.1, -0.05) is 104 Å². The number of anilines is 1. The molecule has 0 heterocycles. The summed E-state index contributed by atoms with van der Waals surface area (Å²) in [6.45, 7) is 3.30. The highest BCUT2D eigenvalue weighted by molar-refractivity contribution is 7.92. The second kappa shape index (κ2) is 15.6. The Hall–Kier alpha value is -4.14. The average molecular weight is 672 g/mol. The second-order valence-electron chi connectivity index (χ2n) is 12.3. The smallest absolute Gasteiger partial charge is 0.264 e. The number of carbonyl (C=O) groups is 2. The minimum atomic E-state index is -4.17. The van der Waals surface area contributed by atoms with Crippen LogP contribution in [0.2, 0.25) is 5.02 Å². The minimum Gasteiger partial charge on any atom is -0.352 e. The zero-order chi connectivity index (χ0) is 33.4. The third-order valence-electron chi connectivity index (χ3n) is 8.63. The lowest BCUT2D eigenvalue weighted by Gasteiger charge is -2.35. The molecule has 0 aromatic heterocycles. The van der Waals surface area contributed by atoms with Crippen molar-refractivity contribution >= 4 is 39.1 Å². The van der Waals surface area contributed by atoms with E-state index in [4.69, 9.17) is 11.6 Å². The molecular weight excluding hydrogens is 630 g/mol. The van der Waals surface area contributed by atoms with Gasteiger partial charge < -0.3 is 10.2 Å². The first-order valence-corrected chi connectivity index (χ1v) is 18.0. The third kappa shape index (κ3) is 8.82. The van der Waals surface area contributed by atoms with Crippen molar-refractivity contribution in [3.05, 3.63) is 130 Å². The van der Waals surface area contributed by atoms with Gasteiger partial charge in [-0.2, -0.15) is 0 Å². The number of hydrogen-bond acceptors (Lipinski definition) is 4. The van der Waals surface area contributed by atoms with Crippen molar-refractivity contribution in [2.45, 2.75) is 75.9 Å². The largest absolute Gasteiger partial charge is 0.352 e. The van der Waals surface area contributed by atoms with E-state index in [-0.39, 0.29) is 29.8 Å². The number of amides is 2. The van der Waals surface area contributed by atoms with Crippen LogP contribution in [0.3, 0.4) is 0 Å². The van der Waals surface area contributed by atoms with Crippen LogP contribution in [0.1, 0.15) is 54.4 Å². The average Bonchev–Trinajstić information content (AvgIpc) is 3.06. The molecule has 0 radical (unpaired) electrons. The second-order valence-corrected chi connectivity index (χ2v) is 14.6. The van der Waals surface area contributed by atoms with E-state index in [9.17, 15) is 18.0 Å². The standard InChI is InChI=1S/C38H42ClN3O4S/c1-28-22-29(2)24-33(23-28)42(47(45,46)34-19-10-5-11-20-34)27-37(43)41(26-31-16-12-13-21-35(31)39)36(25-30-14-6-3-7-15-30)38(44)40-32-17-8-4-9-18-32/h3,5-7,10-16,19-24,32,36H,4,8-9,17-18,25-27H2,1-2H3,(H,40,44)/t36-/m0/s1. The monoisotopic (exact) mass is 671 g/mol. The number of rotatable bonds is 12. The van der Waals surface area contributed by atoms with Gasteiger partial charge in [0.15, 0.2) is 0 Å². The Balaban J connectivity index is 1.58. The Kier molecular flexibility index (Phi) is 11.4. The van der Waals surface area contributed by atoms with E-state index in [2.05, 4.69) is 5.32 Å². The van der Waals surface area contributed by atoms with Gasteiger partial charge in [-0.05, 0) is 79.3 Å². The van der Waals surface area contributed by atoms with Crippen molar-refractivity contribution in [1.82, 2.24) is 10.2 Å². The summed E-state index contributed by atoms with van der Waals surface area (Å²) in [6.07, 6.45) is 5.25. The number of benzene rings is 4. The van der Waals surface area contributed by atoms with Crippen molar-refractivity contribution < 1.29 is 18.0 Å². The van der Waals surface area contributed by atoms with Gasteiger partial charge in [-0.25, -0.2) is 8.42 Å². The molecular formula is C38H42ClN3O4S. The summed E-state index contributed by atoms with van der Waals surface area (Å²) in [4.78, 5) is 30.5. The molecule has 1 aliphatic carbocycles.